The van der Waals surface area contributed by atoms with Gasteiger partial charge in [0.25, 0.3) is 0 Å². The summed E-state index contributed by atoms with van der Waals surface area (Å²) in [4.78, 5) is 11.9. The molecular formula is C14H20Cl2N2O3. The van der Waals surface area contributed by atoms with E-state index >= 15 is 0 Å². The molecule has 2 N–H and O–H groups in total. The number of morpholine rings is 1. The molecule has 1 aromatic carbocycles. The lowest BCUT2D eigenvalue weighted by molar-refractivity contribution is -0.129. The third-order valence-electron chi connectivity index (χ3n) is 3.07. The maximum absolute atomic E-state index is 11.9. The van der Waals surface area contributed by atoms with Gasteiger partial charge in [-0.2, -0.15) is 0 Å². The van der Waals surface area contributed by atoms with Crippen molar-refractivity contribution in [3.63, 3.8) is 0 Å². The lowest BCUT2D eigenvalue weighted by atomic mass is 10.1. The summed E-state index contributed by atoms with van der Waals surface area (Å²) in [5, 5.41) is 6.60. The average Bonchev–Trinajstić information content (AvgIpc) is 2.44. The number of rotatable bonds is 5. The van der Waals surface area contributed by atoms with Crippen LogP contribution in [0.5, 0.6) is 5.75 Å². The van der Waals surface area contributed by atoms with Crippen molar-refractivity contribution in [3.05, 3.63) is 29.3 Å². The van der Waals surface area contributed by atoms with Crippen molar-refractivity contribution < 1.29 is 14.3 Å². The van der Waals surface area contributed by atoms with Gasteiger partial charge >= 0.3 is 0 Å². The molecule has 1 saturated heterocycles. The normalized spacial score (nSPS) is 21.2. The molecule has 0 radical (unpaired) electrons. The maximum atomic E-state index is 11.9. The zero-order valence-corrected chi connectivity index (χ0v) is 13.4. The van der Waals surface area contributed by atoms with E-state index in [1.807, 2.05) is 19.1 Å². The van der Waals surface area contributed by atoms with Crippen molar-refractivity contribution in [2.45, 2.75) is 19.1 Å². The molecule has 0 saturated carbocycles. The van der Waals surface area contributed by atoms with Crippen molar-refractivity contribution in [3.8, 4) is 5.75 Å². The molecule has 0 bridgehead atoms. The Morgan fingerprint density at radius 1 is 1.57 bits per heavy atom. The van der Waals surface area contributed by atoms with Crippen LogP contribution in [-0.2, 0) is 9.53 Å². The molecule has 1 aromatic rings. The summed E-state index contributed by atoms with van der Waals surface area (Å²) in [7, 11) is 0. The van der Waals surface area contributed by atoms with Crippen molar-refractivity contribution in [2.75, 3.05) is 26.3 Å². The van der Waals surface area contributed by atoms with E-state index in [0.29, 0.717) is 37.1 Å². The van der Waals surface area contributed by atoms with Gasteiger partial charge in [-0.05, 0) is 25.1 Å². The predicted octanol–water partition coefficient (Wildman–Crippen LogP) is 1.63. The lowest BCUT2D eigenvalue weighted by Crippen LogP contribution is -2.55. The van der Waals surface area contributed by atoms with Gasteiger partial charge in [0.05, 0.1) is 19.3 Å². The summed E-state index contributed by atoms with van der Waals surface area (Å²) in [6.45, 7) is 4.06. The molecular weight excluding hydrogens is 315 g/mol. The minimum absolute atomic E-state index is 0. The van der Waals surface area contributed by atoms with Gasteiger partial charge in [-0.3, -0.25) is 4.79 Å². The second-order valence-electron chi connectivity index (χ2n) is 4.60. The zero-order chi connectivity index (χ0) is 14.4. The molecule has 5 nitrogen and oxygen atoms in total. The molecule has 2 rings (SSSR count). The number of benzene rings is 1. The van der Waals surface area contributed by atoms with Gasteiger partial charge in [-0.25, -0.2) is 0 Å². The van der Waals surface area contributed by atoms with E-state index < -0.39 is 0 Å². The average molecular weight is 335 g/mol. The van der Waals surface area contributed by atoms with E-state index in [1.165, 1.54) is 0 Å². The second-order valence-corrected chi connectivity index (χ2v) is 5.04. The number of hydrogen-bond acceptors (Lipinski definition) is 4. The highest BCUT2D eigenvalue weighted by Crippen LogP contribution is 2.16. The van der Waals surface area contributed by atoms with Gasteiger partial charge in [0, 0.05) is 11.6 Å². The highest BCUT2D eigenvalue weighted by molar-refractivity contribution is 6.30. The number of amides is 1. The SMILES string of the molecule is C[C@H]1OCCN[C@@H]1C(=O)NCCOc1cccc(Cl)c1.Cl. The van der Waals surface area contributed by atoms with Crippen molar-refractivity contribution >= 4 is 29.9 Å². The summed E-state index contributed by atoms with van der Waals surface area (Å²) in [6.07, 6.45) is -0.113. The Hall–Kier alpha value is -1.01. The van der Waals surface area contributed by atoms with Crippen LogP contribution < -0.4 is 15.4 Å². The summed E-state index contributed by atoms with van der Waals surface area (Å²) in [5.74, 6) is 0.631. The smallest absolute Gasteiger partial charge is 0.239 e. The van der Waals surface area contributed by atoms with Crippen LogP contribution in [0.3, 0.4) is 0 Å². The fraction of sp³-hybridized carbons (Fsp3) is 0.500. The Labute approximate surface area is 135 Å². The Morgan fingerprint density at radius 2 is 2.38 bits per heavy atom. The molecule has 1 aliphatic rings. The molecule has 2 atom stereocenters. The predicted molar refractivity (Wildman–Crippen MR) is 84.4 cm³/mol. The van der Waals surface area contributed by atoms with Crippen LogP contribution in [-0.4, -0.2) is 44.4 Å². The van der Waals surface area contributed by atoms with Crippen LogP contribution in [0, 0.1) is 0 Å². The lowest BCUT2D eigenvalue weighted by Gasteiger charge is -2.29. The minimum Gasteiger partial charge on any atom is -0.492 e. The van der Waals surface area contributed by atoms with Gasteiger partial charge < -0.3 is 20.1 Å². The molecule has 1 fully saturated rings. The van der Waals surface area contributed by atoms with Crippen molar-refractivity contribution in [2.24, 2.45) is 0 Å². The van der Waals surface area contributed by atoms with Gasteiger partial charge in [0.1, 0.15) is 18.4 Å². The number of halogens is 2. The summed E-state index contributed by atoms with van der Waals surface area (Å²) in [5.41, 5.74) is 0. The molecule has 118 valence electrons. The standard InChI is InChI=1S/C14H19ClN2O3.ClH/c1-10-13(16-5-7-19-10)14(18)17-6-8-20-12-4-2-3-11(15)9-12;/h2-4,9-10,13,16H,5-8H2,1H3,(H,17,18);1H/t10-,13+;/m1./s1. The Kier molecular flexibility index (Phi) is 7.82. The molecule has 1 heterocycles. The largest absolute Gasteiger partial charge is 0.492 e. The molecule has 1 aliphatic heterocycles. The van der Waals surface area contributed by atoms with Gasteiger partial charge in [-0.1, -0.05) is 17.7 Å². The number of carbonyl (C=O) groups is 1. The molecule has 7 heteroatoms. The Morgan fingerprint density at radius 3 is 3.10 bits per heavy atom. The first-order valence-corrected chi connectivity index (χ1v) is 7.05. The van der Waals surface area contributed by atoms with Gasteiger partial charge in [0.2, 0.25) is 5.91 Å². The Bertz CT molecular complexity index is 460. The van der Waals surface area contributed by atoms with Crippen LogP contribution in [0.1, 0.15) is 6.92 Å². The summed E-state index contributed by atoms with van der Waals surface area (Å²) < 4.78 is 10.9. The van der Waals surface area contributed by atoms with Gasteiger partial charge in [-0.15, -0.1) is 12.4 Å². The van der Waals surface area contributed by atoms with Crippen LogP contribution >= 0.6 is 24.0 Å². The van der Waals surface area contributed by atoms with E-state index in [4.69, 9.17) is 21.1 Å². The van der Waals surface area contributed by atoms with E-state index in [-0.39, 0.29) is 30.5 Å². The van der Waals surface area contributed by atoms with Crippen molar-refractivity contribution in [1.29, 1.82) is 0 Å². The first-order chi connectivity index (χ1) is 9.66. The van der Waals surface area contributed by atoms with E-state index in [2.05, 4.69) is 10.6 Å². The molecule has 0 spiro atoms. The molecule has 0 unspecified atom stereocenters. The van der Waals surface area contributed by atoms with Crippen LogP contribution in [0.25, 0.3) is 0 Å². The summed E-state index contributed by atoms with van der Waals surface area (Å²) >= 11 is 5.85. The van der Waals surface area contributed by atoms with E-state index in [1.54, 1.807) is 12.1 Å². The number of carbonyl (C=O) groups excluding carboxylic acids is 1. The molecule has 0 aromatic heterocycles. The number of ether oxygens (including phenoxy) is 2. The topological polar surface area (TPSA) is 59.6 Å². The third-order valence-corrected chi connectivity index (χ3v) is 3.30. The zero-order valence-electron chi connectivity index (χ0n) is 11.8. The van der Waals surface area contributed by atoms with E-state index in [9.17, 15) is 4.79 Å². The second kappa shape index (κ2) is 9.10. The highest BCUT2D eigenvalue weighted by Gasteiger charge is 2.27. The van der Waals surface area contributed by atoms with E-state index in [0.717, 1.165) is 0 Å². The molecule has 0 aliphatic carbocycles. The third kappa shape index (κ3) is 5.71. The first-order valence-electron chi connectivity index (χ1n) is 6.68. The Balaban J connectivity index is 0.00000220. The van der Waals surface area contributed by atoms with Crippen molar-refractivity contribution in [1.82, 2.24) is 10.6 Å². The fourth-order valence-electron chi connectivity index (χ4n) is 2.04. The highest BCUT2D eigenvalue weighted by atomic mass is 35.5. The first kappa shape index (κ1) is 18.0. The fourth-order valence-corrected chi connectivity index (χ4v) is 2.22. The maximum Gasteiger partial charge on any atom is 0.239 e. The number of hydrogen-bond donors (Lipinski definition) is 2. The molecule has 21 heavy (non-hydrogen) atoms. The minimum atomic E-state index is -0.296. The quantitative estimate of drug-likeness (QED) is 0.803. The van der Waals surface area contributed by atoms with Gasteiger partial charge in [0.15, 0.2) is 0 Å². The van der Waals surface area contributed by atoms with Crippen LogP contribution in [0.15, 0.2) is 24.3 Å². The summed E-state index contributed by atoms with van der Waals surface area (Å²) in [6, 6.07) is 6.87. The monoisotopic (exact) mass is 334 g/mol. The van der Waals surface area contributed by atoms with Crippen LogP contribution in [0.4, 0.5) is 0 Å². The number of nitrogens with one attached hydrogen (secondary N) is 2. The van der Waals surface area contributed by atoms with Crippen LogP contribution in [0.2, 0.25) is 5.02 Å². The molecule has 1 amide bonds.